The first kappa shape index (κ1) is 29.7. The van der Waals surface area contributed by atoms with Crippen LogP contribution in [0.3, 0.4) is 0 Å². The minimum absolute atomic E-state index is 0.0490. The summed E-state index contributed by atoms with van der Waals surface area (Å²) in [6.07, 6.45) is 19.9. The number of carbonyl (C=O) groups is 3. The van der Waals surface area contributed by atoms with Crippen molar-refractivity contribution in [2.75, 3.05) is 0 Å². The number of rotatable bonds is 11. The van der Waals surface area contributed by atoms with Crippen molar-refractivity contribution in [3.8, 4) is 0 Å². The average molecular weight is 495 g/mol. The lowest BCUT2D eigenvalue weighted by atomic mass is 9.71. The Morgan fingerprint density at radius 2 is 1.69 bits per heavy atom. The summed E-state index contributed by atoms with van der Waals surface area (Å²) in [5.74, 6) is 0.184. The molecular weight excluding hydrogens is 448 g/mol. The van der Waals surface area contributed by atoms with E-state index in [1.807, 2.05) is 45.1 Å². The van der Waals surface area contributed by atoms with Gasteiger partial charge in [0.2, 0.25) is 0 Å². The molecule has 2 rings (SSSR count). The normalized spacial score (nSPS) is 22.1. The predicted molar refractivity (Wildman–Crippen MR) is 148 cm³/mol. The zero-order valence-electron chi connectivity index (χ0n) is 23.3. The zero-order chi connectivity index (χ0) is 26.7. The van der Waals surface area contributed by atoms with Gasteiger partial charge < -0.3 is 4.74 Å². The Kier molecular flexibility index (Phi) is 11.8. The first-order chi connectivity index (χ1) is 17.0. The van der Waals surface area contributed by atoms with Gasteiger partial charge in [0.15, 0.2) is 11.9 Å². The fourth-order valence-electron chi connectivity index (χ4n) is 5.14. The maximum atomic E-state index is 13.0. The van der Waals surface area contributed by atoms with Gasteiger partial charge in [-0.3, -0.25) is 14.4 Å². The van der Waals surface area contributed by atoms with Gasteiger partial charge >= 0.3 is 5.97 Å². The van der Waals surface area contributed by atoms with E-state index in [1.54, 1.807) is 0 Å². The van der Waals surface area contributed by atoms with Gasteiger partial charge in [0.25, 0.3) is 0 Å². The highest BCUT2D eigenvalue weighted by Gasteiger charge is 2.39. The summed E-state index contributed by atoms with van der Waals surface area (Å²) in [5.41, 5.74) is 3.58. The molecule has 1 fully saturated rings. The molecule has 0 N–H and O–H groups in total. The highest BCUT2D eigenvalue weighted by atomic mass is 16.5. The number of carbonyl (C=O) groups excluding carboxylic acids is 3. The van der Waals surface area contributed by atoms with E-state index in [-0.39, 0.29) is 29.8 Å². The lowest BCUT2D eigenvalue weighted by Crippen LogP contribution is -2.39. The molecule has 4 heteroatoms. The van der Waals surface area contributed by atoms with Gasteiger partial charge in [-0.05, 0) is 56.6 Å². The zero-order valence-corrected chi connectivity index (χ0v) is 23.3. The van der Waals surface area contributed by atoms with E-state index in [4.69, 9.17) is 4.74 Å². The highest BCUT2D eigenvalue weighted by Crippen LogP contribution is 2.41. The smallest absolute Gasteiger partial charge is 0.306 e. The second-order valence-corrected chi connectivity index (χ2v) is 11.2. The van der Waals surface area contributed by atoms with E-state index in [2.05, 4.69) is 32.9 Å². The Hall–Kier alpha value is -2.49. The van der Waals surface area contributed by atoms with Crippen LogP contribution in [0.2, 0.25) is 0 Å². The van der Waals surface area contributed by atoms with Gasteiger partial charge in [-0.2, -0.15) is 0 Å². The Balaban J connectivity index is 1.92. The summed E-state index contributed by atoms with van der Waals surface area (Å²) in [6, 6.07) is 0. The molecule has 0 bridgehead atoms. The van der Waals surface area contributed by atoms with Crippen molar-refractivity contribution in [3.05, 3.63) is 58.7 Å². The van der Waals surface area contributed by atoms with E-state index in [1.165, 1.54) is 37.7 Å². The van der Waals surface area contributed by atoms with Crippen LogP contribution in [-0.4, -0.2) is 23.6 Å². The molecule has 0 aromatic heterocycles. The molecule has 0 amide bonds. The lowest BCUT2D eigenvalue weighted by molar-refractivity contribution is -0.156. The summed E-state index contributed by atoms with van der Waals surface area (Å²) in [7, 11) is 0. The predicted octanol–water partition coefficient (Wildman–Crippen LogP) is 7.95. The van der Waals surface area contributed by atoms with Gasteiger partial charge in [0.05, 0.1) is 6.42 Å². The molecule has 0 aromatic rings. The molecule has 0 heterocycles. The van der Waals surface area contributed by atoms with Crippen LogP contribution >= 0.6 is 0 Å². The third kappa shape index (κ3) is 9.52. The van der Waals surface area contributed by atoms with Gasteiger partial charge in [-0.15, -0.1) is 0 Å². The monoisotopic (exact) mass is 494 g/mol. The van der Waals surface area contributed by atoms with Crippen LogP contribution in [0.25, 0.3) is 0 Å². The Labute approximate surface area is 218 Å². The van der Waals surface area contributed by atoms with Crippen LogP contribution in [0.15, 0.2) is 58.7 Å². The first-order valence-electron chi connectivity index (χ1n) is 13.7. The third-order valence-corrected chi connectivity index (χ3v) is 7.62. The standard InChI is InChI=1S/C32H46O4/c1-7-23(2)12-11-13-24(3)16-20-28-25(4)31(35)29(22-32(28,5)6)36-30(34)21-19-27(33)18-17-26-14-9-8-10-15-26/h7,11-13,16,20,26,29H,8-10,14-15,17-19,21-22H2,1-6H3. The summed E-state index contributed by atoms with van der Waals surface area (Å²) in [6.45, 7) is 12.1. The SMILES string of the molecule is CC=C(C)C=CC=C(C)C=CC1=C(C)C(=O)C(OC(=O)CCC(=O)CCC2CCCCC2)CC1(C)C. The van der Waals surface area contributed by atoms with Gasteiger partial charge in [0, 0.05) is 19.3 Å². The molecule has 0 radical (unpaired) electrons. The lowest BCUT2D eigenvalue weighted by Gasteiger charge is -2.36. The minimum Gasteiger partial charge on any atom is -0.454 e. The Morgan fingerprint density at radius 3 is 2.36 bits per heavy atom. The minimum atomic E-state index is -0.787. The van der Waals surface area contributed by atoms with Gasteiger partial charge in [0.1, 0.15) is 5.78 Å². The molecule has 0 aliphatic heterocycles. The topological polar surface area (TPSA) is 60.4 Å². The number of ketones is 2. The van der Waals surface area contributed by atoms with E-state index >= 15 is 0 Å². The van der Waals surface area contributed by atoms with Crippen LogP contribution in [0.4, 0.5) is 0 Å². The van der Waals surface area contributed by atoms with Crippen LogP contribution in [0.5, 0.6) is 0 Å². The molecule has 0 spiro atoms. The molecule has 36 heavy (non-hydrogen) atoms. The van der Waals surface area contributed by atoms with Gasteiger partial charge in [-0.1, -0.05) is 93.6 Å². The Bertz CT molecular complexity index is 949. The quantitative estimate of drug-likeness (QED) is 0.216. The molecule has 0 saturated heterocycles. The van der Waals surface area contributed by atoms with Crippen LogP contribution in [-0.2, 0) is 19.1 Å². The number of Topliss-reactive ketones (excluding diaryl/α,β-unsaturated/α-hetero) is 2. The maximum absolute atomic E-state index is 13.0. The first-order valence-corrected chi connectivity index (χ1v) is 13.7. The largest absolute Gasteiger partial charge is 0.454 e. The number of esters is 1. The number of ether oxygens (including phenoxy) is 1. The fourth-order valence-corrected chi connectivity index (χ4v) is 5.14. The molecule has 198 valence electrons. The third-order valence-electron chi connectivity index (χ3n) is 7.62. The van der Waals surface area contributed by atoms with Crippen molar-refractivity contribution in [1.82, 2.24) is 0 Å². The van der Waals surface area contributed by atoms with Crippen LogP contribution in [0, 0.1) is 11.3 Å². The average Bonchev–Trinajstić information content (AvgIpc) is 2.84. The molecule has 1 unspecified atom stereocenters. The van der Waals surface area contributed by atoms with Crippen molar-refractivity contribution in [1.29, 1.82) is 0 Å². The summed E-state index contributed by atoms with van der Waals surface area (Å²) >= 11 is 0. The van der Waals surface area contributed by atoms with Crippen molar-refractivity contribution in [3.63, 3.8) is 0 Å². The fraction of sp³-hybridized carbons (Fsp3) is 0.594. The van der Waals surface area contributed by atoms with Crippen LogP contribution < -0.4 is 0 Å². The summed E-state index contributed by atoms with van der Waals surface area (Å²) in [5, 5.41) is 0. The Morgan fingerprint density at radius 1 is 1.00 bits per heavy atom. The molecular formula is C32H46O4. The molecule has 4 nitrogen and oxygen atoms in total. The summed E-state index contributed by atoms with van der Waals surface area (Å²) in [4.78, 5) is 37.8. The number of hydrogen-bond acceptors (Lipinski definition) is 4. The van der Waals surface area contributed by atoms with Gasteiger partial charge in [-0.25, -0.2) is 0 Å². The highest BCUT2D eigenvalue weighted by molar-refractivity contribution is 6.01. The molecule has 1 atom stereocenters. The second-order valence-electron chi connectivity index (χ2n) is 11.2. The van der Waals surface area contributed by atoms with E-state index in [0.29, 0.717) is 24.3 Å². The van der Waals surface area contributed by atoms with E-state index in [0.717, 1.165) is 17.6 Å². The van der Waals surface area contributed by atoms with E-state index < -0.39 is 12.1 Å². The van der Waals surface area contributed by atoms with Crippen LogP contribution in [0.1, 0.15) is 106 Å². The second kappa shape index (κ2) is 14.3. The van der Waals surface area contributed by atoms with Crippen molar-refractivity contribution in [2.45, 2.75) is 112 Å². The number of allylic oxidation sites excluding steroid dienone is 9. The van der Waals surface area contributed by atoms with Crippen molar-refractivity contribution < 1.29 is 19.1 Å². The summed E-state index contributed by atoms with van der Waals surface area (Å²) < 4.78 is 5.59. The van der Waals surface area contributed by atoms with Crippen molar-refractivity contribution >= 4 is 17.5 Å². The number of hydrogen-bond donors (Lipinski definition) is 0. The maximum Gasteiger partial charge on any atom is 0.306 e. The molecule has 0 aromatic carbocycles. The molecule has 2 aliphatic rings. The molecule has 2 aliphatic carbocycles. The molecule has 1 saturated carbocycles. The van der Waals surface area contributed by atoms with Crippen molar-refractivity contribution in [2.24, 2.45) is 11.3 Å². The van der Waals surface area contributed by atoms with E-state index in [9.17, 15) is 14.4 Å².